The van der Waals surface area contributed by atoms with Crippen molar-refractivity contribution in [1.82, 2.24) is 0 Å². The van der Waals surface area contributed by atoms with Gasteiger partial charge in [0.2, 0.25) is 0 Å². The Bertz CT molecular complexity index is 386. The fourth-order valence-electron chi connectivity index (χ4n) is 2.55. The second-order valence-electron chi connectivity index (χ2n) is 5.40. The molecular formula is C16H25NO2. The van der Waals surface area contributed by atoms with Crippen LogP contribution in [0.1, 0.15) is 45.4 Å². The molecule has 0 radical (unpaired) electrons. The lowest BCUT2D eigenvalue weighted by Gasteiger charge is -2.21. The molecule has 1 fully saturated rings. The zero-order chi connectivity index (χ0) is 13.5. The van der Waals surface area contributed by atoms with Crippen LogP contribution < -0.4 is 15.2 Å². The maximum Gasteiger partial charge on any atom is 0.125 e. The average Bonchev–Trinajstić information content (AvgIpc) is 2.43. The highest BCUT2D eigenvalue weighted by Gasteiger charge is 2.14. The summed E-state index contributed by atoms with van der Waals surface area (Å²) in [6.45, 7) is 3.61. The smallest absolute Gasteiger partial charge is 0.125 e. The summed E-state index contributed by atoms with van der Waals surface area (Å²) in [5.41, 5.74) is 6.58. The van der Waals surface area contributed by atoms with Gasteiger partial charge in [0.15, 0.2) is 0 Å². The molecule has 3 nitrogen and oxygen atoms in total. The maximum absolute atomic E-state index is 5.89. The number of anilines is 1. The van der Waals surface area contributed by atoms with Gasteiger partial charge >= 0.3 is 0 Å². The van der Waals surface area contributed by atoms with E-state index in [1.165, 1.54) is 32.1 Å². The summed E-state index contributed by atoms with van der Waals surface area (Å²) in [6.07, 6.45) is 7.64. The third-order valence-corrected chi connectivity index (χ3v) is 3.59. The fraction of sp³-hybridized carbons (Fsp3) is 0.625. The van der Waals surface area contributed by atoms with Crippen molar-refractivity contribution < 1.29 is 9.47 Å². The van der Waals surface area contributed by atoms with Crippen LogP contribution in [0.5, 0.6) is 11.5 Å². The van der Waals surface area contributed by atoms with Gasteiger partial charge in [-0.15, -0.1) is 0 Å². The number of nitrogens with two attached hydrogens (primary N) is 1. The molecule has 1 aromatic rings. The summed E-state index contributed by atoms with van der Waals surface area (Å²) in [7, 11) is 0. The minimum Gasteiger partial charge on any atom is -0.493 e. The zero-order valence-electron chi connectivity index (χ0n) is 11.9. The molecule has 0 aliphatic heterocycles. The van der Waals surface area contributed by atoms with Crippen molar-refractivity contribution in [3.8, 4) is 11.5 Å². The van der Waals surface area contributed by atoms with E-state index < -0.39 is 0 Å². The molecule has 1 aromatic carbocycles. The van der Waals surface area contributed by atoms with Gasteiger partial charge in [0, 0.05) is 23.9 Å². The van der Waals surface area contributed by atoms with Gasteiger partial charge in [0.25, 0.3) is 0 Å². The monoisotopic (exact) mass is 263 g/mol. The largest absolute Gasteiger partial charge is 0.493 e. The van der Waals surface area contributed by atoms with E-state index in [1.54, 1.807) is 0 Å². The molecule has 0 unspecified atom stereocenters. The zero-order valence-corrected chi connectivity index (χ0v) is 11.9. The third-order valence-electron chi connectivity index (χ3n) is 3.59. The Morgan fingerprint density at radius 1 is 1.05 bits per heavy atom. The molecule has 0 heterocycles. The number of hydrogen-bond acceptors (Lipinski definition) is 3. The molecule has 1 aliphatic carbocycles. The molecular weight excluding hydrogens is 238 g/mol. The summed E-state index contributed by atoms with van der Waals surface area (Å²) in [6, 6.07) is 5.67. The van der Waals surface area contributed by atoms with Gasteiger partial charge in [0.05, 0.1) is 13.2 Å². The van der Waals surface area contributed by atoms with Crippen molar-refractivity contribution in [2.24, 2.45) is 5.92 Å². The Labute approximate surface area is 116 Å². The number of ether oxygens (including phenoxy) is 2. The molecule has 2 N–H and O–H groups in total. The average molecular weight is 263 g/mol. The van der Waals surface area contributed by atoms with Crippen molar-refractivity contribution in [2.75, 3.05) is 18.9 Å². The van der Waals surface area contributed by atoms with Crippen LogP contribution in [0.2, 0.25) is 0 Å². The highest BCUT2D eigenvalue weighted by atomic mass is 16.5. The highest BCUT2D eigenvalue weighted by Crippen LogP contribution is 2.27. The predicted octanol–water partition coefficient (Wildman–Crippen LogP) is 4.02. The van der Waals surface area contributed by atoms with Gasteiger partial charge in [-0.3, -0.25) is 0 Å². The molecule has 0 amide bonds. The lowest BCUT2D eigenvalue weighted by Crippen LogP contribution is -2.15. The number of hydrogen-bond donors (Lipinski definition) is 1. The topological polar surface area (TPSA) is 44.5 Å². The molecule has 0 atom stereocenters. The molecule has 106 valence electrons. The lowest BCUT2D eigenvalue weighted by molar-refractivity contribution is 0.208. The van der Waals surface area contributed by atoms with E-state index in [-0.39, 0.29) is 0 Å². The van der Waals surface area contributed by atoms with E-state index in [9.17, 15) is 0 Å². The van der Waals surface area contributed by atoms with E-state index >= 15 is 0 Å². The van der Waals surface area contributed by atoms with Crippen LogP contribution in [0.3, 0.4) is 0 Å². The van der Waals surface area contributed by atoms with Crippen LogP contribution in [-0.2, 0) is 0 Å². The maximum atomic E-state index is 5.89. The quantitative estimate of drug-likeness (QED) is 0.788. The molecule has 3 heteroatoms. The molecule has 0 spiro atoms. The molecule has 0 saturated heterocycles. The Hall–Kier alpha value is -1.38. The first-order valence-corrected chi connectivity index (χ1v) is 7.44. The second kappa shape index (κ2) is 7.27. The summed E-state index contributed by atoms with van der Waals surface area (Å²) in [5, 5.41) is 0. The summed E-state index contributed by atoms with van der Waals surface area (Å²) in [5.74, 6) is 2.34. The van der Waals surface area contributed by atoms with Crippen LogP contribution in [0.15, 0.2) is 18.2 Å². The molecule has 0 bridgehead atoms. The molecule has 19 heavy (non-hydrogen) atoms. The van der Waals surface area contributed by atoms with Gasteiger partial charge in [-0.05, 0) is 25.2 Å². The number of nitrogen functional groups attached to an aromatic ring is 1. The summed E-state index contributed by atoms with van der Waals surface area (Å²) in [4.78, 5) is 0. The van der Waals surface area contributed by atoms with E-state index in [0.717, 1.165) is 24.5 Å². The van der Waals surface area contributed by atoms with E-state index in [1.807, 2.05) is 18.2 Å². The van der Waals surface area contributed by atoms with Crippen LogP contribution >= 0.6 is 0 Å². The van der Waals surface area contributed by atoms with Gasteiger partial charge in [0.1, 0.15) is 11.5 Å². The number of benzene rings is 1. The van der Waals surface area contributed by atoms with Crippen LogP contribution in [0.4, 0.5) is 5.69 Å². The van der Waals surface area contributed by atoms with Crippen LogP contribution in [0, 0.1) is 5.92 Å². The SMILES string of the molecule is CCCOc1cc(N)cc(OCC2CCCCC2)c1. The first kappa shape index (κ1) is 14.0. The van der Waals surface area contributed by atoms with Gasteiger partial charge in [-0.1, -0.05) is 26.2 Å². The Balaban J connectivity index is 1.89. The van der Waals surface area contributed by atoms with Gasteiger partial charge in [-0.2, -0.15) is 0 Å². The first-order chi connectivity index (χ1) is 9.28. The fourth-order valence-corrected chi connectivity index (χ4v) is 2.55. The van der Waals surface area contributed by atoms with Crippen molar-refractivity contribution in [1.29, 1.82) is 0 Å². The Morgan fingerprint density at radius 3 is 2.42 bits per heavy atom. The normalized spacial score (nSPS) is 16.3. The molecule has 0 aromatic heterocycles. The minimum absolute atomic E-state index is 0.701. The molecule has 1 aliphatic rings. The third kappa shape index (κ3) is 4.66. The molecule has 1 saturated carbocycles. The Kier molecular flexibility index (Phi) is 5.37. The van der Waals surface area contributed by atoms with Gasteiger partial charge in [-0.25, -0.2) is 0 Å². The first-order valence-electron chi connectivity index (χ1n) is 7.44. The minimum atomic E-state index is 0.701. The van der Waals surface area contributed by atoms with Crippen molar-refractivity contribution >= 4 is 5.69 Å². The molecule has 2 rings (SSSR count). The van der Waals surface area contributed by atoms with Gasteiger partial charge < -0.3 is 15.2 Å². The Morgan fingerprint density at radius 2 is 1.74 bits per heavy atom. The van der Waals surface area contributed by atoms with Crippen LogP contribution in [-0.4, -0.2) is 13.2 Å². The predicted molar refractivity (Wildman–Crippen MR) is 78.7 cm³/mol. The number of rotatable bonds is 6. The highest BCUT2D eigenvalue weighted by molar-refractivity contribution is 5.50. The van der Waals surface area contributed by atoms with Crippen molar-refractivity contribution in [3.05, 3.63) is 18.2 Å². The van der Waals surface area contributed by atoms with Crippen LogP contribution in [0.25, 0.3) is 0 Å². The summed E-state index contributed by atoms with van der Waals surface area (Å²) < 4.78 is 11.5. The van der Waals surface area contributed by atoms with E-state index in [2.05, 4.69) is 6.92 Å². The van der Waals surface area contributed by atoms with E-state index in [0.29, 0.717) is 18.2 Å². The lowest BCUT2D eigenvalue weighted by atomic mass is 9.90. The van der Waals surface area contributed by atoms with Crippen molar-refractivity contribution in [2.45, 2.75) is 45.4 Å². The standard InChI is InChI=1S/C16H25NO2/c1-2-8-18-15-9-14(17)10-16(11-15)19-12-13-6-4-3-5-7-13/h9-11,13H,2-8,12,17H2,1H3. The van der Waals surface area contributed by atoms with E-state index in [4.69, 9.17) is 15.2 Å². The second-order valence-corrected chi connectivity index (χ2v) is 5.40. The summed E-state index contributed by atoms with van der Waals surface area (Å²) >= 11 is 0. The van der Waals surface area contributed by atoms with Crippen molar-refractivity contribution in [3.63, 3.8) is 0 Å².